The number of halogens is 3. The molecule has 1 amide bonds. The minimum Gasteiger partial charge on any atom is -0.356 e. The van der Waals surface area contributed by atoms with Crippen molar-refractivity contribution in [3.05, 3.63) is 66.2 Å². The van der Waals surface area contributed by atoms with Crippen LogP contribution in [0.25, 0.3) is 15.9 Å². The number of benzene rings is 2. The lowest BCUT2D eigenvalue weighted by molar-refractivity contribution is 0.00651. The summed E-state index contributed by atoms with van der Waals surface area (Å²) in [5.41, 5.74) is 1.29. The number of alkyl halides is 2. The van der Waals surface area contributed by atoms with Gasteiger partial charge >= 0.3 is 0 Å². The van der Waals surface area contributed by atoms with Gasteiger partial charge in [0.25, 0.3) is 11.8 Å². The molecule has 164 valence electrons. The number of aromatic nitrogens is 4. The van der Waals surface area contributed by atoms with Gasteiger partial charge in [0.2, 0.25) is 0 Å². The fraction of sp³-hybridized carbons (Fsp3) is 0.238. The van der Waals surface area contributed by atoms with Gasteiger partial charge in [-0.05, 0) is 30.3 Å². The van der Waals surface area contributed by atoms with Gasteiger partial charge < -0.3 is 10.6 Å². The number of carbonyl (C=O) groups is 1. The summed E-state index contributed by atoms with van der Waals surface area (Å²) in [7, 11) is 0. The van der Waals surface area contributed by atoms with Crippen LogP contribution in [-0.2, 0) is 0 Å². The quantitative estimate of drug-likeness (QED) is 0.472. The topological polar surface area (TPSA) is 84.7 Å². The predicted molar refractivity (Wildman–Crippen MR) is 114 cm³/mol. The van der Waals surface area contributed by atoms with E-state index in [9.17, 15) is 18.0 Å². The summed E-state index contributed by atoms with van der Waals surface area (Å²) in [4.78, 5) is 18.6. The predicted octanol–water partition coefficient (Wildman–Crippen LogP) is 4.02. The molecule has 1 aliphatic carbocycles. The molecule has 2 heterocycles. The van der Waals surface area contributed by atoms with Gasteiger partial charge in [0.15, 0.2) is 5.13 Å². The van der Waals surface area contributed by atoms with Gasteiger partial charge in [-0.3, -0.25) is 4.79 Å². The summed E-state index contributed by atoms with van der Waals surface area (Å²) in [5.74, 6) is -3.84. The van der Waals surface area contributed by atoms with Crippen molar-refractivity contribution in [2.24, 2.45) is 0 Å². The Hall–Kier alpha value is -3.47. The summed E-state index contributed by atoms with van der Waals surface area (Å²) < 4.78 is 42.6. The van der Waals surface area contributed by atoms with Gasteiger partial charge in [0, 0.05) is 12.8 Å². The lowest BCUT2D eigenvalue weighted by atomic mass is 10.1. The highest BCUT2D eigenvalue weighted by Crippen LogP contribution is 2.38. The first-order valence-corrected chi connectivity index (χ1v) is 10.7. The molecule has 2 aromatic carbocycles. The van der Waals surface area contributed by atoms with Crippen molar-refractivity contribution in [3.8, 4) is 5.69 Å². The number of para-hydroxylation sites is 1. The number of nitrogens with zero attached hydrogens (tertiary/aromatic N) is 4. The number of hydrogen-bond donors (Lipinski definition) is 2. The van der Waals surface area contributed by atoms with Crippen LogP contribution in [0.1, 0.15) is 23.2 Å². The molecule has 0 bridgehead atoms. The Labute approximate surface area is 184 Å². The maximum atomic E-state index is 14.3. The van der Waals surface area contributed by atoms with Crippen LogP contribution in [0.2, 0.25) is 0 Å². The fourth-order valence-electron chi connectivity index (χ4n) is 3.86. The first-order valence-electron chi connectivity index (χ1n) is 9.85. The third-order valence-corrected chi connectivity index (χ3v) is 6.23. The van der Waals surface area contributed by atoms with E-state index in [2.05, 4.69) is 25.8 Å². The largest absolute Gasteiger partial charge is 0.356 e. The van der Waals surface area contributed by atoms with E-state index in [4.69, 9.17) is 0 Å². The second kappa shape index (κ2) is 7.90. The summed E-state index contributed by atoms with van der Waals surface area (Å²) in [5, 5.41) is 14.2. The Kier molecular flexibility index (Phi) is 5.04. The van der Waals surface area contributed by atoms with Crippen LogP contribution in [0.5, 0.6) is 0 Å². The minimum atomic E-state index is -2.94. The number of rotatable bonds is 5. The first-order chi connectivity index (χ1) is 15.4. The zero-order valence-corrected chi connectivity index (χ0v) is 17.3. The van der Waals surface area contributed by atoms with E-state index in [0.29, 0.717) is 21.0 Å². The molecular formula is C21H17F3N6OS. The standard InChI is InChI=1S/C21H17F3N6OS/c22-12-5-6-14-18(9-12)32-20(28-14)29-16-11-21(23,24)10-15(16)27-19(31)13-3-1-2-4-17(13)30-25-7-8-26-30/h1-9,15-16H,10-11H2,(H,27,31)(H,28,29). The van der Waals surface area contributed by atoms with E-state index in [1.807, 2.05) is 0 Å². The third-order valence-electron chi connectivity index (χ3n) is 5.28. The second-order valence-corrected chi connectivity index (χ2v) is 8.59. The zero-order chi connectivity index (χ0) is 22.3. The van der Waals surface area contributed by atoms with Crippen molar-refractivity contribution < 1.29 is 18.0 Å². The van der Waals surface area contributed by atoms with Gasteiger partial charge in [-0.2, -0.15) is 15.0 Å². The number of carbonyl (C=O) groups excluding carboxylic acids is 1. The molecule has 1 aliphatic rings. The van der Waals surface area contributed by atoms with E-state index in [0.717, 1.165) is 0 Å². The summed E-state index contributed by atoms with van der Waals surface area (Å²) in [6.07, 6.45) is 2.01. The Morgan fingerprint density at radius 2 is 1.84 bits per heavy atom. The molecule has 1 saturated carbocycles. The van der Waals surface area contributed by atoms with Gasteiger partial charge in [0.05, 0.1) is 45.9 Å². The SMILES string of the molecule is O=C(NC1CC(F)(F)CC1Nc1nc2ccc(F)cc2s1)c1ccccc1-n1nccn1. The lowest BCUT2D eigenvalue weighted by Gasteiger charge is -2.21. The first kappa shape index (κ1) is 20.4. The van der Waals surface area contributed by atoms with Crippen LogP contribution in [-0.4, -0.2) is 43.9 Å². The Morgan fingerprint density at radius 1 is 1.09 bits per heavy atom. The lowest BCUT2D eigenvalue weighted by Crippen LogP contribution is -2.43. The van der Waals surface area contributed by atoms with Crippen LogP contribution < -0.4 is 10.6 Å². The molecule has 32 heavy (non-hydrogen) atoms. The van der Waals surface area contributed by atoms with Crippen LogP contribution in [0.3, 0.4) is 0 Å². The molecule has 4 aromatic rings. The van der Waals surface area contributed by atoms with Crippen molar-refractivity contribution in [1.82, 2.24) is 25.3 Å². The number of anilines is 1. The highest BCUT2D eigenvalue weighted by atomic mass is 32.1. The maximum Gasteiger partial charge on any atom is 0.253 e. The number of hydrogen-bond acceptors (Lipinski definition) is 6. The van der Waals surface area contributed by atoms with Crippen LogP contribution in [0.4, 0.5) is 18.3 Å². The number of thiazole rings is 1. The summed E-state index contributed by atoms with van der Waals surface area (Å²) in [6.45, 7) is 0. The van der Waals surface area contributed by atoms with Crippen LogP contribution in [0, 0.1) is 5.82 Å². The molecule has 11 heteroatoms. The van der Waals surface area contributed by atoms with Crippen molar-refractivity contribution in [3.63, 3.8) is 0 Å². The molecule has 1 fully saturated rings. The van der Waals surface area contributed by atoms with Crippen LogP contribution in [0.15, 0.2) is 54.9 Å². The molecule has 5 rings (SSSR count). The average Bonchev–Trinajstić information content (AvgIpc) is 3.47. The van der Waals surface area contributed by atoms with Crippen LogP contribution >= 0.6 is 11.3 Å². The highest BCUT2D eigenvalue weighted by Gasteiger charge is 2.47. The monoisotopic (exact) mass is 458 g/mol. The average molecular weight is 458 g/mol. The van der Waals surface area contributed by atoms with E-state index in [1.54, 1.807) is 24.3 Å². The van der Waals surface area contributed by atoms with Crippen molar-refractivity contribution in [2.75, 3.05) is 5.32 Å². The Morgan fingerprint density at radius 3 is 2.66 bits per heavy atom. The summed E-state index contributed by atoms with van der Waals surface area (Å²) in [6, 6.07) is 9.29. The van der Waals surface area contributed by atoms with Gasteiger partial charge in [-0.15, -0.1) is 0 Å². The molecule has 7 nitrogen and oxygen atoms in total. The molecule has 0 saturated heterocycles. The van der Waals surface area contributed by atoms with E-state index in [1.165, 1.54) is 46.7 Å². The number of amides is 1. The molecule has 0 aliphatic heterocycles. The molecule has 2 atom stereocenters. The normalized spacial score (nSPS) is 19.8. The van der Waals surface area contributed by atoms with Gasteiger partial charge in [0.1, 0.15) is 5.82 Å². The fourth-order valence-corrected chi connectivity index (χ4v) is 4.81. The third kappa shape index (κ3) is 4.03. The Balaban J connectivity index is 1.38. The molecular weight excluding hydrogens is 441 g/mol. The molecule has 0 radical (unpaired) electrons. The van der Waals surface area contributed by atoms with Gasteiger partial charge in [-0.1, -0.05) is 23.5 Å². The summed E-state index contributed by atoms with van der Waals surface area (Å²) >= 11 is 1.18. The molecule has 0 spiro atoms. The van der Waals surface area contributed by atoms with E-state index < -0.39 is 42.6 Å². The molecule has 2 aromatic heterocycles. The maximum absolute atomic E-state index is 14.3. The highest BCUT2D eigenvalue weighted by molar-refractivity contribution is 7.22. The Bertz CT molecular complexity index is 1280. The van der Waals surface area contributed by atoms with Crippen molar-refractivity contribution >= 4 is 32.6 Å². The zero-order valence-electron chi connectivity index (χ0n) is 16.5. The molecule has 2 unspecified atom stereocenters. The van der Waals surface area contributed by atoms with E-state index >= 15 is 0 Å². The van der Waals surface area contributed by atoms with Crippen molar-refractivity contribution in [2.45, 2.75) is 30.8 Å². The van der Waals surface area contributed by atoms with Crippen molar-refractivity contribution in [1.29, 1.82) is 0 Å². The smallest absolute Gasteiger partial charge is 0.253 e. The molecule has 2 N–H and O–H groups in total. The second-order valence-electron chi connectivity index (χ2n) is 7.56. The van der Waals surface area contributed by atoms with E-state index in [-0.39, 0.29) is 5.56 Å². The minimum absolute atomic E-state index is 0.271. The van der Waals surface area contributed by atoms with Gasteiger partial charge in [-0.25, -0.2) is 18.2 Å². The number of nitrogens with one attached hydrogen (secondary N) is 2. The number of fused-ring (bicyclic) bond motifs is 1.